The predicted octanol–water partition coefficient (Wildman–Crippen LogP) is 2.87. The maximum atomic E-state index is 13.1. The molecule has 198 valence electrons. The second-order valence-electron chi connectivity index (χ2n) is 7.98. The Morgan fingerprint density at radius 3 is 2.32 bits per heavy atom. The van der Waals surface area contributed by atoms with Gasteiger partial charge in [-0.3, -0.25) is 9.59 Å². The van der Waals surface area contributed by atoms with Crippen molar-refractivity contribution in [2.45, 2.75) is 18.4 Å². The van der Waals surface area contributed by atoms with E-state index in [1.54, 1.807) is 12.1 Å². The zero-order valence-electron chi connectivity index (χ0n) is 21.0. The number of hydrogen-bond donors (Lipinski definition) is 1. The minimum atomic E-state index is -3.80. The largest absolute Gasteiger partial charge is 0.383 e. The fourth-order valence-electron chi connectivity index (χ4n) is 3.55. The Morgan fingerprint density at radius 2 is 1.76 bits per heavy atom. The van der Waals surface area contributed by atoms with Crippen LogP contribution in [0.15, 0.2) is 65.0 Å². The van der Waals surface area contributed by atoms with Gasteiger partial charge in [-0.05, 0) is 42.5 Å². The average Bonchev–Trinajstić information content (AvgIpc) is 3.19. The summed E-state index contributed by atoms with van der Waals surface area (Å²) >= 11 is 1.30. The molecule has 0 aliphatic heterocycles. The number of thiazole rings is 1. The lowest BCUT2D eigenvalue weighted by molar-refractivity contribution is -0.114. The van der Waals surface area contributed by atoms with Gasteiger partial charge in [-0.25, -0.2) is 8.42 Å². The summed E-state index contributed by atoms with van der Waals surface area (Å²) in [6.07, 6.45) is 1.70. The molecule has 1 aromatic heterocycles. The Kier molecular flexibility index (Phi) is 9.89. The number of aromatic nitrogens is 1. The van der Waals surface area contributed by atoms with Crippen LogP contribution in [0, 0.1) is 0 Å². The number of benzene rings is 2. The van der Waals surface area contributed by atoms with Crippen LogP contribution in [0.2, 0.25) is 0 Å². The predicted molar refractivity (Wildman–Crippen MR) is 143 cm³/mol. The normalized spacial score (nSPS) is 12.3. The average molecular weight is 547 g/mol. The van der Waals surface area contributed by atoms with Gasteiger partial charge in [-0.2, -0.15) is 9.30 Å². The first-order valence-corrected chi connectivity index (χ1v) is 13.7. The molecule has 0 saturated heterocycles. The van der Waals surface area contributed by atoms with E-state index in [1.807, 2.05) is 16.7 Å². The molecule has 0 fully saturated rings. The number of methoxy groups -OCH3 is 2. The van der Waals surface area contributed by atoms with Gasteiger partial charge in [0.15, 0.2) is 4.80 Å². The molecule has 37 heavy (non-hydrogen) atoms. The van der Waals surface area contributed by atoms with Crippen LogP contribution < -0.4 is 10.1 Å². The highest BCUT2D eigenvalue weighted by atomic mass is 32.2. The van der Waals surface area contributed by atoms with Crippen LogP contribution in [-0.4, -0.2) is 69.6 Å². The van der Waals surface area contributed by atoms with E-state index < -0.39 is 15.9 Å². The standard InChI is InChI=1S/C25H30N4O6S2/c1-5-12-29-22-11-8-20(26-18(2)30)17-23(22)36-25(29)27-24(31)19-6-9-21(10-7-19)37(32,33)28(13-15-34-3)14-16-35-4/h5-11,17H,1,12-16H2,2-4H3,(H,26,30). The number of fused-ring (bicyclic) bond motifs is 1. The van der Waals surface area contributed by atoms with Gasteiger partial charge in [-0.1, -0.05) is 17.4 Å². The quantitative estimate of drug-likeness (QED) is 0.349. The van der Waals surface area contributed by atoms with E-state index in [1.165, 1.54) is 61.1 Å². The van der Waals surface area contributed by atoms with Crippen molar-refractivity contribution in [2.24, 2.45) is 4.99 Å². The number of nitrogens with zero attached hydrogens (tertiary/aromatic N) is 3. The highest BCUT2D eigenvalue weighted by Gasteiger charge is 2.24. The highest BCUT2D eigenvalue weighted by Crippen LogP contribution is 2.22. The van der Waals surface area contributed by atoms with Gasteiger partial charge in [0.25, 0.3) is 5.91 Å². The van der Waals surface area contributed by atoms with E-state index in [0.29, 0.717) is 17.0 Å². The molecule has 12 heteroatoms. The van der Waals surface area contributed by atoms with Crippen LogP contribution in [-0.2, 0) is 30.8 Å². The van der Waals surface area contributed by atoms with Crippen molar-refractivity contribution in [3.05, 3.63) is 65.5 Å². The third-order valence-electron chi connectivity index (χ3n) is 5.34. The molecule has 0 atom stereocenters. The van der Waals surface area contributed by atoms with Crippen LogP contribution in [0.5, 0.6) is 0 Å². The lowest BCUT2D eigenvalue weighted by atomic mass is 10.2. The smallest absolute Gasteiger partial charge is 0.279 e. The Labute approximate surface area is 219 Å². The molecule has 0 saturated carbocycles. The van der Waals surface area contributed by atoms with Gasteiger partial charge in [0.05, 0.1) is 28.3 Å². The Bertz CT molecular complexity index is 1430. The zero-order chi connectivity index (χ0) is 27.0. The molecule has 1 N–H and O–H groups in total. The van der Waals surface area contributed by atoms with Crippen molar-refractivity contribution >= 4 is 49.1 Å². The van der Waals surface area contributed by atoms with Gasteiger partial charge < -0.3 is 19.4 Å². The third-order valence-corrected chi connectivity index (χ3v) is 8.29. The molecule has 0 aliphatic carbocycles. The summed E-state index contributed by atoms with van der Waals surface area (Å²) in [4.78, 5) is 29.2. The van der Waals surface area contributed by atoms with Crippen molar-refractivity contribution in [3.63, 3.8) is 0 Å². The molecular weight excluding hydrogens is 516 g/mol. The lowest BCUT2D eigenvalue weighted by Crippen LogP contribution is -2.36. The summed E-state index contributed by atoms with van der Waals surface area (Å²) in [6.45, 7) is 6.49. The first kappa shape index (κ1) is 28.4. The number of amides is 2. The van der Waals surface area contributed by atoms with Crippen molar-refractivity contribution < 1.29 is 27.5 Å². The number of carbonyl (C=O) groups excluding carboxylic acids is 2. The third kappa shape index (κ3) is 6.99. The maximum Gasteiger partial charge on any atom is 0.279 e. The van der Waals surface area contributed by atoms with E-state index in [-0.39, 0.29) is 42.7 Å². The summed E-state index contributed by atoms with van der Waals surface area (Å²) in [5.74, 6) is -0.688. The van der Waals surface area contributed by atoms with Crippen molar-refractivity contribution in [2.75, 3.05) is 45.8 Å². The number of rotatable bonds is 12. The SMILES string of the molecule is C=CCn1c(=NC(=O)c2ccc(S(=O)(=O)N(CCOC)CCOC)cc2)sc2cc(NC(C)=O)ccc21. The summed E-state index contributed by atoms with van der Waals surface area (Å²) < 4.78 is 40.2. The van der Waals surface area contributed by atoms with E-state index in [0.717, 1.165) is 10.2 Å². The lowest BCUT2D eigenvalue weighted by Gasteiger charge is -2.21. The fraction of sp³-hybridized carbons (Fsp3) is 0.320. The highest BCUT2D eigenvalue weighted by molar-refractivity contribution is 7.89. The monoisotopic (exact) mass is 546 g/mol. The molecule has 2 amide bonds. The van der Waals surface area contributed by atoms with Crippen molar-refractivity contribution in [1.82, 2.24) is 8.87 Å². The van der Waals surface area contributed by atoms with Crippen LogP contribution in [0.3, 0.4) is 0 Å². The van der Waals surface area contributed by atoms with Gasteiger partial charge >= 0.3 is 0 Å². The summed E-state index contributed by atoms with van der Waals surface area (Å²) in [5, 5.41) is 2.75. The molecule has 10 nitrogen and oxygen atoms in total. The second kappa shape index (κ2) is 12.9. The zero-order valence-corrected chi connectivity index (χ0v) is 22.6. The van der Waals surface area contributed by atoms with Crippen molar-refractivity contribution in [1.29, 1.82) is 0 Å². The molecule has 0 unspecified atom stereocenters. The van der Waals surface area contributed by atoms with E-state index >= 15 is 0 Å². The molecule has 2 aromatic carbocycles. The van der Waals surface area contributed by atoms with Crippen LogP contribution in [0.1, 0.15) is 17.3 Å². The molecule has 0 spiro atoms. The number of nitrogens with one attached hydrogen (secondary N) is 1. The van der Waals surface area contributed by atoms with Gasteiger partial charge in [0.1, 0.15) is 0 Å². The molecule has 0 radical (unpaired) electrons. The van der Waals surface area contributed by atoms with E-state index in [9.17, 15) is 18.0 Å². The molecule has 3 aromatic rings. The summed E-state index contributed by atoms with van der Waals surface area (Å²) in [7, 11) is -0.798. The minimum absolute atomic E-state index is 0.0605. The van der Waals surface area contributed by atoms with Gasteiger partial charge in [0, 0.05) is 52.0 Å². The van der Waals surface area contributed by atoms with Crippen LogP contribution >= 0.6 is 11.3 Å². The molecule has 1 heterocycles. The topological polar surface area (TPSA) is 119 Å². The Morgan fingerprint density at radius 1 is 1.11 bits per heavy atom. The summed E-state index contributed by atoms with van der Waals surface area (Å²) in [5.41, 5.74) is 1.74. The maximum absolute atomic E-state index is 13.1. The second-order valence-corrected chi connectivity index (χ2v) is 10.9. The molecule has 3 rings (SSSR count). The molecule has 0 aliphatic rings. The first-order chi connectivity index (χ1) is 17.7. The summed E-state index contributed by atoms with van der Waals surface area (Å²) in [6, 6.07) is 11.1. The minimum Gasteiger partial charge on any atom is -0.383 e. The van der Waals surface area contributed by atoms with Crippen LogP contribution in [0.4, 0.5) is 5.69 Å². The van der Waals surface area contributed by atoms with Crippen LogP contribution in [0.25, 0.3) is 10.2 Å². The fourth-order valence-corrected chi connectivity index (χ4v) is 6.04. The van der Waals surface area contributed by atoms with Crippen molar-refractivity contribution in [3.8, 4) is 0 Å². The number of anilines is 1. The van der Waals surface area contributed by atoms with Gasteiger partial charge in [0.2, 0.25) is 15.9 Å². The number of allylic oxidation sites excluding steroid dienone is 1. The first-order valence-electron chi connectivity index (χ1n) is 11.4. The van der Waals surface area contributed by atoms with E-state index in [4.69, 9.17) is 9.47 Å². The Hall–Kier alpha value is -3.16. The molecule has 0 bridgehead atoms. The number of sulfonamides is 1. The molecular formula is C25H30N4O6S2. The van der Waals surface area contributed by atoms with E-state index in [2.05, 4.69) is 16.9 Å². The number of carbonyl (C=O) groups is 2. The Balaban J connectivity index is 1.92. The number of ether oxygens (including phenoxy) is 2. The number of hydrogen-bond acceptors (Lipinski definition) is 7. The van der Waals surface area contributed by atoms with Gasteiger partial charge in [-0.15, -0.1) is 6.58 Å².